The van der Waals surface area contributed by atoms with E-state index in [1.54, 1.807) is 0 Å². The number of carbonyl (C=O) groups excluding carboxylic acids is 1. The molecule has 4 aliphatic carbocycles. The number of carbonyl (C=O) groups is 1. The fraction of sp³-hybridized carbons (Fsp3) is 0.941. The first kappa shape index (κ1) is 14.4. The number of nitrogens with zero attached hydrogens (tertiary/aromatic N) is 1. The molecule has 0 aromatic carbocycles. The van der Waals surface area contributed by atoms with E-state index in [-0.39, 0.29) is 12.0 Å². The first-order valence-corrected chi connectivity index (χ1v) is 8.40. The molecule has 0 aromatic heterocycles. The van der Waals surface area contributed by atoms with Crippen molar-refractivity contribution < 1.29 is 9.90 Å². The summed E-state index contributed by atoms with van der Waals surface area (Å²) in [6.45, 7) is 5.92. The van der Waals surface area contributed by atoms with Gasteiger partial charge in [0, 0.05) is 13.1 Å². The van der Waals surface area contributed by atoms with Gasteiger partial charge >= 0.3 is 0 Å². The zero-order valence-electron chi connectivity index (χ0n) is 13.0. The highest BCUT2D eigenvalue weighted by molar-refractivity contribution is 5.83. The van der Waals surface area contributed by atoms with Crippen molar-refractivity contribution in [2.75, 3.05) is 19.7 Å². The van der Waals surface area contributed by atoms with E-state index >= 15 is 0 Å². The zero-order chi connectivity index (χ0) is 14.4. The standard InChI is InChI=1S/C17H29NO2/c1-3-4-18(5-6-19)15(20)17-10-13-7-14(11-17)9-16(2,8-13)12-17/h13-14,19H,3-12H2,1-2H3. The minimum atomic E-state index is -0.0802. The van der Waals surface area contributed by atoms with Crippen LogP contribution >= 0.6 is 0 Å². The van der Waals surface area contributed by atoms with Crippen LogP contribution in [0, 0.1) is 22.7 Å². The second-order valence-electron chi connectivity index (χ2n) is 8.07. The summed E-state index contributed by atoms with van der Waals surface area (Å²) in [6, 6.07) is 0. The molecule has 114 valence electrons. The van der Waals surface area contributed by atoms with Crippen molar-refractivity contribution in [2.24, 2.45) is 22.7 Å². The maximum atomic E-state index is 13.1. The molecule has 4 rings (SSSR count). The third-order valence-corrected chi connectivity index (χ3v) is 5.96. The van der Waals surface area contributed by atoms with Gasteiger partial charge < -0.3 is 10.0 Å². The first-order valence-electron chi connectivity index (χ1n) is 8.40. The van der Waals surface area contributed by atoms with Gasteiger partial charge in [-0.3, -0.25) is 4.79 Å². The lowest BCUT2D eigenvalue weighted by Crippen LogP contribution is -2.57. The van der Waals surface area contributed by atoms with Gasteiger partial charge in [-0.05, 0) is 62.2 Å². The molecule has 1 N–H and O–H groups in total. The topological polar surface area (TPSA) is 40.5 Å². The van der Waals surface area contributed by atoms with E-state index in [0.29, 0.717) is 17.9 Å². The summed E-state index contributed by atoms with van der Waals surface area (Å²) in [4.78, 5) is 15.1. The van der Waals surface area contributed by atoms with E-state index in [0.717, 1.165) is 44.1 Å². The van der Waals surface area contributed by atoms with Gasteiger partial charge in [0.1, 0.15) is 0 Å². The van der Waals surface area contributed by atoms with Gasteiger partial charge in [-0.15, -0.1) is 0 Å². The van der Waals surface area contributed by atoms with Gasteiger partial charge in [-0.1, -0.05) is 13.8 Å². The molecule has 0 spiro atoms. The second kappa shape index (κ2) is 5.01. The van der Waals surface area contributed by atoms with E-state index in [1.807, 2.05) is 4.90 Å². The van der Waals surface area contributed by atoms with Gasteiger partial charge in [-0.25, -0.2) is 0 Å². The van der Waals surface area contributed by atoms with Crippen LogP contribution in [0.4, 0.5) is 0 Å². The molecule has 1 amide bonds. The maximum absolute atomic E-state index is 13.1. The Morgan fingerprint density at radius 1 is 1.20 bits per heavy atom. The van der Waals surface area contributed by atoms with Crippen LogP contribution in [0.1, 0.15) is 58.8 Å². The molecule has 0 radical (unpaired) electrons. The van der Waals surface area contributed by atoms with Gasteiger partial charge in [0.2, 0.25) is 5.91 Å². The smallest absolute Gasteiger partial charge is 0.228 e. The minimum Gasteiger partial charge on any atom is -0.395 e. The number of rotatable bonds is 5. The summed E-state index contributed by atoms with van der Waals surface area (Å²) in [5.74, 6) is 1.92. The zero-order valence-corrected chi connectivity index (χ0v) is 13.0. The third kappa shape index (κ3) is 2.28. The number of aliphatic hydroxyl groups excluding tert-OH is 1. The lowest BCUT2D eigenvalue weighted by Gasteiger charge is -2.61. The number of hydrogen-bond acceptors (Lipinski definition) is 2. The Bertz CT molecular complexity index is 372. The molecular formula is C17H29NO2. The first-order chi connectivity index (χ1) is 9.50. The molecule has 0 heterocycles. The monoisotopic (exact) mass is 279 g/mol. The van der Waals surface area contributed by atoms with E-state index in [9.17, 15) is 9.90 Å². The van der Waals surface area contributed by atoms with E-state index in [1.165, 1.54) is 19.3 Å². The highest BCUT2D eigenvalue weighted by Gasteiger charge is 2.59. The second-order valence-corrected chi connectivity index (χ2v) is 8.07. The summed E-state index contributed by atoms with van der Waals surface area (Å²) in [6.07, 6.45) is 8.34. The van der Waals surface area contributed by atoms with E-state index in [2.05, 4.69) is 13.8 Å². The minimum absolute atomic E-state index is 0.0802. The average molecular weight is 279 g/mol. The van der Waals surface area contributed by atoms with Gasteiger partial charge in [0.15, 0.2) is 0 Å². The Morgan fingerprint density at radius 2 is 1.85 bits per heavy atom. The summed E-state index contributed by atoms with van der Waals surface area (Å²) in [5.41, 5.74) is 0.333. The van der Waals surface area contributed by atoms with Gasteiger partial charge in [0.25, 0.3) is 0 Å². The Morgan fingerprint density at radius 3 is 2.35 bits per heavy atom. The normalized spacial score (nSPS) is 42.0. The van der Waals surface area contributed by atoms with Crippen LogP contribution in [0.15, 0.2) is 0 Å². The lowest BCUT2D eigenvalue weighted by atomic mass is 9.44. The van der Waals surface area contributed by atoms with Crippen LogP contribution in [0.2, 0.25) is 0 Å². The van der Waals surface area contributed by atoms with Crippen molar-refractivity contribution in [2.45, 2.75) is 58.8 Å². The van der Waals surface area contributed by atoms with Gasteiger partial charge in [-0.2, -0.15) is 0 Å². The van der Waals surface area contributed by atoms with Crippen LogP contribution in [0.5, 0.6) is 0 Å². The van der Waals surface area contributed by atoms with Crippen LogP contribution < -0.4 is 0 Å². The van der Waals surface area contributed by atoms with Crippen LogP contribution in [0.25, 0.3) is 0 Å². The van der Waals surface area contributed by atoms with Crippen molar-refractivity contribution in [3.63, 3.8) is 0 Å². The Kier molecular flexibility index (Phi) is 3.60. The van der Waals surface area contributed by atoms with Crippen LogP contribution in [0.3, 0.4) is 0 Å². The SMILES string of the molecule is CCCN(CCO)C(=O)C12CC3CC(CC(C)(C3)C1)C2. The van der Waals surface area contributed by atoms with Crippen molar-refractivity contribution in [3.05, 3.63) is 0 Å². The highest BCUT2D eigenvalue weighted by Crippen LogP contribution is 2.65. The molecule has 0 aromatic rings. The van der Waals surface area contributed by atoms with Gasteiger partial charge in [0.05, 0.1) is 12.0 Å². The Labute approximate surface area is 122 Å². The summed E-state index contributed by atoms with van der Waals surface area (Å²) in [7, 11) is 0. The van der Waals surface area contributed by atoms with E-state index in [4.69, 9.17) is 0 Å². The largest absolute Gasteiger partial charge is 0.395 e. The summed E-state index contributed by atoms with van der Waals surface area (Å²) in [5, 5.41) is 9.25. The molecule has 0 aliphatic heterocycles. The number of aliphatic hydroxyl groups is 1. The molecule has 4 bridgehead atoms. The lowest BCUT2D eigenvalue weighted by molar-refractivity contribution is -0.166. The maximum Gasteiger partial charge on any atom is 0.228 e. The van der Waals surface area contributed by atoms with Crippen molar-refractivity contribution in [1.29, 1.82) is 0 Å². The fourth-order valence-corrected chi connectivity index (χ4v) is 6.01. The van der Waals surface area contributed by atoms with Crippen molar-refractivity contribution in [3.8, 4) is 0 Å². The molecule has 3 nitrogen and oxygen atoms in total. The predicted molar refractivity (Wildman–Crippen MR) is 79.2 cm³/mol. The van der Waals surface area contributed by atoms with Crippen molar-refractivity contribution in [1.82, 2.24) is 4.90 Å². The number of hydrogen-bond donors (Lipinski definition) is 1. The molecule has 2 atom stereocenters. The van der Waals surface area contributed by atoms with Crippen LogP contribution in [-0.4, -0.2) is 35.6 Å². The quantitative estimate of drug-likeness (QED) is 0.840. The molecular weight excluding hydrogens is 250 g/mol. The number of amides is 1. The van der Waals surface area contributed by atoms with E-state index < -0.39 is 0 Å². The summed E-state index contributed by atoms with van der Waals surface area (Å²) < 4.78 is 0. The molecule has 4 fully saturated rings. The summed E-state index contributed by atoms with van der Waals surface area (Å²) >= 11 is 0. The molecule has 2 unspecified atom stereocenters. The Balaban J connectivity index is 1.82. The molecule has 0 saturated heterocycles. The third-order valence-electron chi connectivity index (χ3n) is 5.96. The predicted octanol–water partition coefficient (Wildman–Crippen LogP) is 2.82. The molecule has 4 saturated carbocycles. The molecule has 20 heavy (non-hydrogen) atoms. The fourth-order valence-electron chi connectivity index (χ4n) is 6.01. The average Bonchev–Trinajstić information content (AvgIpc) is 2.34. The highest BCUT2D eigenvalue weighted by atomic mass is 16.3. The van der Waals surface area contributed by atoms with Crippen LogP contribution in [-0.2, 0) is 4.79 Å². The molecule has 3 heteroatoms. The van der Waals surface area contributed by atoms with Crippen molar-refractivity contribution >= 4 is 5.91 Å². The molecule has 4 aliphatic rings. The Hall–Kier alpha value is -0.570.